The molecular weight excluding hydrogens is 249 g/mol. The lowest BCUT2D eigenvalue weighted by atomic mass is 10.1. The van der Waals surface area contributed by atoms with Gasteiger partial charge in [-0.1, -0.05) is 30.4 Å². The molecule has 3 nitrogen and oxygen atoms in total. The number of rotatable bonds is 5. The SMILES string of the molecule is CCCNCc1nnc(-c2ccc(C)c(F)c2)s1. The summed E-state index contributed by atoms with van der Waals surface area (Å²) < 4.78 is 13.5. The molecule has 0 atom stereocenters. The molecule has 2 rings (SSSR count). The summed E-state index contributed by atoms with van der Waals surface area (Å²) in [6, 6.07) is 5.16. The highest BCUT2D eigenvalue weighted by Gasteiger charge is 2.08. The average molecular weight is 265 g/mol. The highest BCUT2D eigenvalue weighted by atomic mass is 32.1. The summed E-state index contributed by atoms with van der Waals surface area (Å²) in [6.45, 7) is 5.56. The minimum absolute atomic E-state index is 0.201. The van der Waals surface area contributed by atoms with Crippen LogP contribution in [-0.4, -0.2) is 16.7 Å². The molecule has 1 heterocycles. The lowest BCUT2D eigenvalue weighted by Gasteiger charge is -1.99. The predicted octanol–water partition coefficient (Wildman–Crippen LogP) is 3.15. The van der Waals surface area contributed by atoms with Gasteiger partial charge in [-0.15, -0.1) is 10.2 Å². The average Bonchev–Trinajstić information content (AvgIpc) is 2.82. The molecule has 18 heavy (non-hydrogen) atoms. The minimum Gasteiger partial charge on any atom is -0.310 e. The number of halogens is 1. The van der Waals surface area contributed by atoms with Crippen molar-refractivity contribution in [1.82, 2.24) is 15.5 Å². The van der Waals surface area contributed by atoms with Crippen molar-refractivity contribution in [3.63, 3.8) is 0 Å². The van der Waals surface area contributed by atoms with E-state index in [9.17, 15) is 4.39 Å². The molecule has 0 fully saturated rings. The summed E-state index contributed by atoms with van der Waals surface area (Å²) in [4.78, 5) is 0. The van der Waals surface area contributed by atoms with E-state index >= 15 is 0 Å². The Bertz CT molecular complexity index is 525. The van der Waals surface area contributed by atoms with Gasteiger partial charge in [-0.05, 0) is 31.5 Å². The first kappa shape index (κ1) is 13.1. The van der Waals surface area contributed by atoms with E-state index < -0.39 is 0 Å². The van der Waals surface area contributed by atoms with Crippen LogP contribution in [0.2, 0.25) is 0 Å². The van der Waals surface area contributed by atoms with Gasteiger partial charge in [0.15, 0.2) is 0 Å². The molecule has 0 aliphatic rings. The van der Waals surface area contributed by atoms with E-state index in [-0.39, 0.29) is 5.82 Å². The monoisotopic (exact) mass is 265 g/mol. The molecule has 1 N–H and O–H groups in total. The lowest BCUT2D eigenvalue weighted by molar-refractivity contribution is 0.619. The molecule has 0 saturated carbocycles. The minimum atomic E-state index is -0.201. The number of aryl methyl sites for hydroxylation is 1. The van der Waals surface area contributed by atoms with Crippen molar-refractivity contribution >= 4 is 11.3 Å². The predicted molar refractivity (Wildman–Crippen MR) is 72.0 cm³/mol. The van der Waals surface area contributed by atoms with Crippen LogP contribution in [-0.2, 0) is 6.54 Å². The van der Waals surface area contributed by atoms with Gasteiger partial charge < -0.3 is 5.32 Å². The molecule has 0 saturated heterocycles. The van der Waals surface area contributed by atoms with Crippen LogP contribution < -0.4 is 5.32 Å². The molecule has 0 amide bonds. The third-order valence-corrected chi connectivity index (χ3v) is 3.56. The second kappa shape index (κ2) is 6.02. The quantitative estimate of drug-likeness (QED) is 0.844. The number of benzene rings is 1. The standard InChI is InChI=1S/C13H16FN3S/c1-3-6-15-8-12-16-17-13(18-12)10-5-4-9(2)11(14)7-10/h4-5,7,15H,3,6,8H2,1-2H3. The fraction of sp³-hybridized carbons (Fsp3) is 0.385. The van der Waals surface area contributed by atoms with Crippen molar-refractivity contribution in [3.05, 3.63) is 34.6 Å². The van der Waals surface area contributed by atoms with E-state index in [0.717, 1.165) is 35.1 Å². The van der Waals surface area contributed by atoms with E-state index in [1.807, 2.05) is 6.07 Å². The molecule has 2 aromatic rings. The Hall–Kier alpha value is -1.33. The summed E-state index contributed by atoms with van der Waals surface area (Å²) in [5.74, 6) is -0.201. The number of nitrogens with zero attached hydrogens (tertiary/aromatic N) is 2. The molecule has 0 spiro atoms. The summed E-state index contributed by atoms with van der Waals surface area (Å²) in [5.41, 5.74) is 1.44. The zero-order valence-electron chi connectivity index (χ0n) is 10.5. The maximum Gasteiger partial charge on any atom is 0.147 e. The largest absolute Gasteiger partial charge is 0.310 e. The molecule has 1 aromatic heterocycles. The molecule has 1 aromatic carbocycles. The van der Waals surface area contributed by atoms with Crippen LogP contribution in [0.25, 0.3) is 10.6 Å². The van der Waals surface area contributed by atoms with Gasteiger partial charge in [0, 0.05) is 12.1 Å². The van der Waals surface area contributed by atoms with Crippen molar-refractivity contribution in [1.29, 1.82) is 0 Å². The van der Waals surface area contributed by atoms with Gasteiger partial charge in [0.1, 0.15) is 15.8 Å². The van der Waals surface area contributed by atoms with Crippen LogP contribution >= 0.6 is 11.3 Å². The Morgan fingerprint density at radius 3 is 2.89 bits per heavy atom. The van der Waals surface area contributed by atoms with Gasteiger partial charge in [0.2, 0.25) is 0 Å². The Morgan fingerprint density at radius 1 is 1.33 bits per heavy atom. The van der Waals surface area contributed by atoms with E-state index in [2.05, 4.69) is 22.4 Å². The van der Waals surface area contributed by atoms with E-state index in [1.165, 1.54) is 17.4 Å². The van der Waals surface area contributed by atoms with E-state index in [0.29, 0.717) is 5.56 Å². The number of hydrogen-bond donors (Lipinski definition) is 1. The highest BCUT2D eigenvalue weighted by Crippen LogP contribution is 2.25. The van der Waals surface area contributed by atoms with Crippen LogP contribution in [0.1, 0.15) is 23.9 Å². The summed E-state index contributed by atoms with van der Waals surface area (Å²) >= 11 is 1.50. The fourth-order valence-corrected chi connectivity index (χ4v) is 2.35. The van der Waals surface area contributed by atoms with Crippen molar-refractivity contribution < 1.29 is 4.39 Å². The zero-order valence-corrected chi connectivity index (χ0v) is 11.4. The van der Waals surface area contributed by atoms with Gasteiger partial charge >= 0.3 is 0 Å². The van der Waals surface area contributed by atoms with Gasteiger partial charge in [0.25, 0.3) is 0 Å². The summed E-state index contributed by atoms with van der Waals surface area (Å²) in [7, 11) is 0. The third-order valence-electron chi connectivity index (χ3n) is 2.59. The topological polar surface area (TPSA) is 37.8 Å². The van der Waals surface area contributed by atoms with Crippen molar-refractivity contribution in [2.24, 2.45) is 0 Å². The third kappa shape index (κ3) is 3.11. The van der Waals surface area contributed by atoms with Crippen LogP contribution in [0.3, 0.4) is 0 Å². The molecule has 0 unspecified atom stereocenters. The number of hydrogen-bond acceptors (Lipinski definition) is 4. The maximum atomic E-state index is 13.5. The van der Waals surface area contributed by atoms with E-state index in [1.54, 1.807) is 13.0 Å². The number of nitrogens with one attached hydrogen (secondary N) is 1. The zero-order chi connectivity index (χ0) is 13.0. The Balaban J connectivity index is 2.11. The van der Waals surface area contributed by atoms with Crippen LogP contribution in [0.5, 0.6) is 0 Å². The van der Waals surface area contributed by atoms with Crippen LogP contribution in [0.4, 0.5) is 4.39 Å². The number of aromatic nitrogens is 2. The summed E-state index contributed by atoms with van der Waals surface area (Å²) in [5, 5.41) is 13.2. The fourth-order valence-electron chi connectivity index (χ4n) is 1.54. The Morgan fingerprint density at radius 2 is 2.17 bits per heavy atom. The molecular formula is C13H16FN3S. The van der Waals surface area contributed by atoms with Gasteiger partial charge in [-0.2, -0.15) is 0 Å². The molecule has 0 radical (unpaired) electrons. The second-order valence-electron chi connectivity index (χ2n) is 4.14. The lowest BCUT2D eigenvalue weighted by Crippen LogP contribution is -2.13. The first-order valence-corrected chi connectivity index (χ1v) is 6.82. The van der Waals surface area contributed by atoms with Gasteiger partial charge in [0.05, 0.1) is 0 Å². The Kier molecular flexibility index (Phi) is 4.38. The van der Waals surface area contributed by atoms with Crippen LogP contribution in [0.15, 0.2) is 18.2 Å². The molecule has 0 aliphatic carbocycles. The van der Waals surface area contributed by atoms with Crippen molar-refractivity contribution in [2.45, 2.75) is 26.8 Å². The highest BCUT2D eigenvalue weighted by molar-refractivity contribution is 7.14. The van der Waals surface area contributed by atoms with Crippen molar-refractivity contribution in [2.75, 3.05) is 6.54 Å². The summed E-state index contributed by atoms with van der Waals surface area (Å²) in [6.07, 6.45) is 1.09. The molecule has 96 valence electrons. The van der Waals surface area contributed by atoms with Crippen LogP contribution in [0, 0.1) is 12.7 Å². The van der Waals surface area contributed by atoms with Gasteiger partial charge in [-0.25, -0.2) is 4.39 Å². The second-order valence-corrected chi connectivity index (χ2v) is 5.20. The molecule has 0 aliphatic heterocycles. The van der Waals surface area contributed by atoms with Crippen molar-refractivity contribution in [3.8, 4) is 10.6 Å². The smallest absolute Gasteiger partial charge is 0.147 e. The van der Waals surface area contributed by atoms with Gasteiger partial charge in [-0.3, -0.25) is 0 Å². The normalized spacial score (nSPS) is 10.8. The maximum absolute atomic E-state index is 13.5. The molecule has 0 bridgehead atoms. The molecule has 5 heteroatoms. The van der Waals surface area contributed by atoms with E-state index in [4.69, 9.17) is 0 Å². The Labute approximate surface area is 110 Å². The first-order valence-electron chi connectivity index (χ1n) is 6.00. The first-order chi connectivity index (χ1) is 8.70.